The Kier molecular flexibility index (Phi) is 4.98. The van der Waals surface area contributed by atoms with Gasteiger partial charge in [-0.05, 0) is 24.8 Å². The molecule has 0 saturated heterocycles. The molecule has 1 aromatic rings. The van der Waals surface area contributed by atoms with E-state index in [0.717, 1.165) is 19.3 Å². The number of unbranched alkanes of at least 4 members (excludes halogenated alkanes) is 1. The lowest BCUT2D eigenvalue weighted by Crippen LogP contribution is -2.29. The molecule has 0 spiro atoms. The molecule has 0 atom stereocenters. The van der Waals surface area contributed by atoms with Crippen molar-refractivity contribution in [3.8, 4) is 0 Å². The van der Waals surface area contributed by atoms with Crippen LogP contribution in [0.3, 0.4) is 0 Å². The first-order valence-corrected chi connectivity index (χ1v) is 7.09. The number of hydrogen-bond donors (Lipinski definition) is 2. The summed E-state index contributed by atoms with van der Waals surface area (Å²) < 4.78 is 0. The summed E-state index contributed by atoms with van der Waals surface area (Å²) in [6.45, 7) is 0.709. The van der Waals surface area contributed by atoms with Crippen molar-refractivity contribution >= 4 is 11.8 Å². The lowest BCUT2D eigenvalue weighted by atomic mass is 10.1. The standard InChI is InChI=1S/C16H20N2O3/c1-18-11-13(14(19)16(18)21)15(20)17-10-6-5-9-12-7-3-2-4-8-12/h2-4,7-8,19H,5-6,9-11H2,1H3,(H,17,20). The monoisotopic (exact) mass is 288 g/mol. The second-order valence-electron chi connectivity index (χ2n) is 5.19. The van der Waals surface area contributed by atoms with Gasteiger partial charge in [-0.2, -0.15) is 0 Å². The van der Waals surface area contributed by atoms with Crippen molar-refractivity contribution in [1.29, 1.82) is 0 Å². The molecule has 21 heavy (non-hydrogen) atoms. The van der Waals surface area contributed by atoms with Crippen molar-refractivity contribution in [2.75, 3.05) is 20.1 Å². The normalized spacial score (nSPS) is 14.7. The molecule has 5 nitrogen and oxygen atoms in total. The average molecular weight is 288 g/mol. The highest BCUT2D eigenvalue weighted by molar-refractivity contribution is 6.06. The molecule has 1 aromatic carbocycles. The Hall–Kier alpha value is -2.30. The van der Waals surface area contributed by atoms with Gasteiger partial charge >= 0.3 is 0 Å². The number of nitrogens with one attached hydrogen (secondary N) is 1. The Labute approximate surface area is 124 Å². The number of aryl methyl sites for hydroxylation is 1. The highest BCUT2D eigenvalue weighted by Gasteiger charge is 2.31. The Morgan fingerprint density at radius 1 is 1.29 bits per heavy atom. The van der Waals surface area contributed by atoms with Crippen molar-refractivity contribution in [1.82, 2.24) is 10.2 Å². The molecule has 2 N–H and O–H groups in total. The third-order valence-electron chi connectivity index (χ3n) is 3.53. The summed E-state index contributed by atoms with van der Waals surface area (Å²) in [4.78, 5) is 24.6. The van der Waals surface area contributed by atoms with Gasteiger partial charge in [0, 0.05) is 13.6 Å². The largest absolute Gasteiger partial charge is 0.503 e. The van der Waals surface area contributed by atoms with E-state index in [1.165, 1.54) is 10.5 Å². The number of carbonyl (C=O) groups excluding carboxylic acids is 2. The molecular weight excluding hydrogens is 268 g/mol. The summed E-state index contributed by atoms with van der Waals surface area (Å²) in [7, 11) is 1.55. The SMILES string of the molecule is CN1CC(C(=O)NCCCCc2ccccc2)=C(O)C1=O. The Balaban J connectivity index is 1.70. The number of carbonyl (C=O) groups is 2. The average Bonchev–Trinajstić information content (AvgIpc) is 2.75. The summed E-state index contributed by atoms with van der Waals surface area (Å²) in [5.41, 5.74) is 1.44. The summed E-state index contributed by atoms with van der Waals surface area (Å²) >= 11 is 0. The molecule has 2 rings (SSSR count). The number of likely N-dealkylation sites (N-methyl/N-ethyl adjacent to an activating group) is 1. The number of amides is 2. The van der Waals surface area contributed by atoms with Gasteiger partial charge in [-0.3, -0.25) is 9.59 Å². The lowest BCUT2D eigenvalue weighted by Gasteiger charge is -2.08. The second-order valence-corrected chi connectivity index (χ2v) is 5.19. The highest BCUT2D eigenvalue weighted by atomic mass is 16.3. The molecule has 0 radical (unpaired) electrons. The van der Waals surface area contributed by atoms with E-state index in [9.17, 15) is 14.7 Å². The van der Waals surface area contributed by atoms with Crippen LogP contribution in [0.1, 0.15) is 18.4 Å². The molecule has 0 unspecified atom stereocenters. The topological polar surface area (TPSA) is 69.6 Å². The summed E-state index contributed by atoms with van der Waals surface area (Å²) in [5.74, 6) is -1.28. The van der Waals surface area contributed by atoms with Gasteiger partial charge in [0.25, 0.3) is 11.8 Å². The van der Waals surface area contributed by atoms with Crippen LogP contribution in [0.25, 0.3) is 0 Å². The Morgan fingerprint density at radius 2 is 2.00 bits per heavy atom. The fraction of sp³-hybridized carbons (Fsp3) is 0.375. The van der Waals surface area contributed by atoms with Crippen LogP contribution < -0.4 is 5.32 Å². The second kappa shape index (κ2) is 6.92. The molecule has 1 aliphatic heterocycles. The zero-order valence-corrected chi connectivity index (χ0v) is 12.1. The predicted octanol–water partition coefficient (Wildman–Crippen LogP) is 1.41. The number of aliphatic hydroxyl groups excluding tert-OH is 1. The number of benzene rings is 1. The Bertz CT molecular complexity index is 552. The first kappa shape index (κ1) is 15.1. The zero-order chi connectivity index (χ0) is 15.2. The molecule has 5 heteroatoms. The lowest BCUT2D eigenvalue weighted by molar-refractivity contribution is -0.126. The van der Waals surface area contributed by atoms with E-state index in [1.54, 1.807) is 7.05 Å². The van der Waals surface area contributed by atoms with E-state index in [1.807, 2.05) is 18.2 Å². The molecule has 1 aliphatic rings. The van der Waals surface area contributed by atoms with Gasteiger partial charge in [0.05, 0.1) is 12.1 Å². The maximum atomic E-state index is 11.9. The van der Waals surface area contributed by atoms with Crippen LogP contribution in [0.5, 0.6) is 0 Å². The van der Waals surface area contributed by atoms with Crippen molar-refractivity contribution in [3.63, 3.8) is 0 Å². The van der Waals surface area contributed by atoms with Crippen molar-refractivity contribution in [3.05, 3.63) is 47.2 Å². The third kappa shape index (κ3) is 3.84. The van der Waals surface area contributed by atoms with Crippen LogP contribution in [0.2, 0.25) is 0 Å². The molecule has 1 heterocycles. The highest BCUT2D eigenvalue weighted by Crippen LogP contribution is 2.15. The number of hydrogen-bond acceptors (Lipinski definition) is 3. The summed E-state index contributed by atoms with van der Waals surface area (Å²) in [6, 6.07) is 10.2. The number of rotatable bonds is 6. The van der Waals surface area contributed by atoms with E-state index in [2.05, 4.69) is 17.4 Å². The van der Waals surface area contributed by atoms with Crippen LogP contribution in [0.15, 0.2) is 41.7 Å². The Morgan fingerprint density at radius 3 is 2.62 bits per heavy atom. The van der Waals surface area contributed by atoms with E-state index in [4.69, 9.17) is 0 Å². The van der Waals surface area contributed by atoms with Crippen LogP contribution in [-0.4, -0.2) is 42.0 Å². The van der Waals surface area contributed by atoms with Crippen LogP contribution in [-0.2, 0) is 16.0 Å². The number of nitrogens with zero attached hydrogens (tertiary/aromatic N) is 1. The van der Waals surface area contributed by atoms with Crippen LogP contribution >= 0.6 is 0 Å². The maximum absolute atomic E-state index is 11.9. The van der Waals surface area contributed by atoms with Crippen molar-refractivity contribution < 1.29 is 14.7 Å². The molecular formula is C16H20N2O3. The van der Waals surface area contributed by atoms with E-state index < -0.39 is 11.7 Å². The van der Waals surface area contributed by atoms with Gasteiger partial charge in [-0.15, -0.1) is 0 Å². The molecule has 0 aliphatic carbocycles. The minimum atomic E-state index is -0.496. The fourth-order valence-corrected chi connectivity index (χ4v) is 2.28. The quantitative estimate of drug-likeness (QED) is 0.778. The molecule has 0 fully saturated rings. The molecule has 2 amide bonds. The third-order valence-corrected chi connectivity index (χ3v) is 3.53. The molecule has 0 aromatic heterocycles. The summed E-state index contributed by atoms with van der Waals surface area (Å²) in [6.07, 6.45) is 2.82. The maximum Gasteiger partial charge on any atom is 0.289 e. The predicted molar refractivity (Wildman–Crippen MR) is 79.7 cm³/mol. The van der Waals surface area contributed by atoms with Crippen LogP contribution in [0, 0.1) is 0 Å². The van der Waals surface area contributed by atoms with E-state index in [-0.39, 0.29) is 18.0 Å². The zero-order valence-electron chi connectivity index (χ0n) is 12.1. The van der Waals surface area contributed by atoms with Gasteiger partial charge in [-0.25, -0.2) is 0 Å². The van der Waals surface area contributed by atoms with Gasteiger partial charge in [0.1, 0.15) is 0 Å². The summed E-state index contributed by atoms with van der Waals surface area (Å²) in [5, 5.41) is 12.3. The van der Waals surface area contributed by atoms with Gasteiger partial charge in [0.15, 0.2) is 5.76 Å². The first-order chi connectivity index (χ1) is 10.1. The first-order valence-electron chi connectivity index (χ1n) is 7.09. The number of aliphatic hydroxyl groups is 1. The molecule has 0 saturated carbocycles. The van der Waals surface area contributed by atoms with Gasteiger partial charge < -0.3 is 15.3 Å². The minimum Gasteiger partial charge on any atom is -0.503 e. The van der Waals surface area contributed by atoms with Gasteiger partial charge in [0.2, 0.25) is 0 Å². The molecule has 0 bridgehead atoms. The van der Waals surface area contributed by atoms with Gasteiger partial charge in [-0.1, -0.05) is 30.3 Å². The van der Waals surface area contributed by atoms with Crippen LogP contribution in [0.4, 0.5) is 0 Å². The van der Waals surface area contributed by atoms with E-state index in [0.29, 0.717) is 6.54 Å². The minimum absolute atomic E-state index is 0.158. The van der Waals surface area contributed by atoms with Crippen molar-refractivity contribution in [2.24, 2.45) is 0 Å². The fourth-order valence-electron chi connectivity index (χ4n) is 2.28. The molecule has 112 valence electrons. The smallest absolute Gasteiger partial charge is 0.289 e. The van der Waals surface area contributed by atoms with E-state index >= 15 is 0 Å². The van der Waals surface area contributed by atoms with Crippen molar-refractivity contribution in [2.45, 2.75) is 19.3 Å².